The van der Waals surface area contributed by atoms with Gasteiger partial charge in [0.15, 0.2) is 0 Å². The lowest BCUT2D eigenvalue weighted by atomic mass is 9.58. The van der Waals surface area contributed by atoms with Crippen LogP contribution in [0.15, 0.2) is 0 Å². The predicted octanol–water partition coefficient (Wildman–Crippen LogP) is 5.42. The fourth-order valence-corrected chi connectivity index (χ4v) is 5.28. The summed E-state index contributed by atoms with van der Waals surface area (Å²) in [6.45, 7) is 7.45. The first-order valence-corrected chi connectivity index (χ1v) is 7.75. The average Bonchev–Trinajstić information content (AvgIpc) is 2.67. The van der Waals surface area contributed by atoms with Gasteiger partial charge in [0.25, 0.3) is 0 Å². The average molecular weight is 222 g/mol. The van der Waals surface area contributed by atoms with Gasteiger partial charge in [0.05, 0.1) is 0 Å². The Balaban J connectivity index is 2.20. The van der Waals surface area contributed by atoms with Crippen molar-refractivity contribution < 1.29 is 0 Å². The van der Waals surface area contributed by atoms with Crippen LogP contribution in [0.5, 0.6) is 0 Å². The quantitative estimate of drug-likeness (QED) is 0.598. The summed E-state index contributed by atoms with van der Waals surface area (Å²) in [5.41, 5.74) is 0.731. The third-order valence-corrected chi connectivity index (χ3v) is 6.10. The number of hydrogen-bond acceptors (Lipinski definition) is 0. The van der Waals surface area contributed by atoms with Crippen LogP contribution in [-0.4, -0.2) is 0 Å². The van der Waals surface area contributed by atoms with E-state index < -0.39 is 0 Å². The van der Waals surface area contributed by atoms with E-state index in [1.165, 1.54) is 57.8 Å². The molecule has 0 amide bonds. The van der Waals surface area contributed by atoms with Gasteiger partial charge in [-0.3, -0.25) is 0 Å². The molecule has 94 valence electrons. The second-order valence-electron chi connectivity index (χ2n) is 6.38. The molecule has 0 aliphatic heterocycles. The zero-order valence-electron chi connectivity index (χ0n) is 11.6. The molecule has 2 aliphatic carbocycles. The van der Waals surface area contributed by atoms with Crippen LogP contribution >= 0.6 is 0 Å². The summed E-state index contributed by atoms with van der Waals surface area (Å²) < 4.78 is 0. The minimum absolute atomic E-state index is 0.731. The molecule has 0 heteroatoms. The molecule has 3 unspecified atom stereocenters. The van der Waals surface area contributed by atoms with Gasteiger partial charge in [-0.25, -0.2) is 0 Å². The number of rotatable bonds is 3. The molecule has 2 aliphatic rings. The van der Waals surface area contributed by atoms with Crippen LogP contribution in [-0.2, 0) is 0 Å². The molecule has 0 saturated heterocycles. The van der Waals surface area contributed by atoms with Gasteiger partial charge >= 0.3 is 0 Å². The van der Waals surface area contributed by atoms with Crippen molar-refractivity contribution in [2.45, 2.75) is 78.6 Å². The summed E-state index contributed by atoms with van der Waals surface area (Å²) >= 11 is 0. The fraction of sp³-hybridized carbons (Fsp3) is 1.00. The summed E-state index contributed by atoms with van der Waals surface area (Å²) in [7, 11) is 0. The molecule has 3 atom stereocenters. The van der Waals surface area contributed by atoms with Crippen LogP contribution in [0.1, 0.15) is 78.6 Å². The van der Waals surface area contributed by atoms with E-state index in [-0.39, 0.29) is 0 Å². The first kappa shape index (κ1) is 12.5. The minimum atomic E-state index is 0.731. The van der Waals surface area contributed by atoms with Gasteiger partial charge in [-0.05, 0) is 55.3 Å². The highest BCUT2D eigenvalue weighted by Gasteiger charge is 2.50. The van der Waals surface area contributed by atoms with Gasteiger partial charge in [0.2, 0.25) is 0 Å². The number of hydrogen-bond donors (Lipinski definition) is 0. The van der Waals surface area contributed by atoms with Gasteiger partial charge in [0, 0.05) is 0 Å². The molecule has 0 aromatic rings. The van der Waals surface area contributed by atoms with E-state index in [9.17, 15) is 0 Å². The molecule has 0 aromatic heterocycles. The van der Waals surface area contributed by atoms with Crippen molar-refractivity contribution in [3.05, 3.63) is 0 Å². The normalized spacial score (nSPS) is 41.4. The molecular formula is C16H30. The van der Waals surface area contributed by atoms with E-state index in [0.717, 1.165) is 23.2 Å². The van der Waals surface area contributed by atoms with Crippen molar-refractivity contribution in [3.8, 4) is 0 Å². The Morgan fingerprint density at radius 1 is 0.938 bits per heavy atom. The fourth-order valence-electron chi connectivity index (χ4n) is 5.28. The zero-order valence-corrected chi connectivity index (χ0v) is 11.6. The minimum Gasteiger partial charge on any atom is -0.0651 e. The molecule has 0 heterocycles. The summed E-state index contributed by atoms with van der Waals surface area (Å²) in [5, 5.41) is 0. The Hall–Kier alpha value is 0. The largest absolute Gasteiger partial charge is 0.0651 e. The lowest BCUT2D eigenvalue weighted by molar-refractivity contribution is 0.0230. The first-order valence-electron chi connectivity index (χ1n) is 7.75. The molecule has 0 aromatic carbocycles. The Morgan fingerprint density at radius 3 is 2.19 bits per heavy atom. The van der Waals surface area contributed by atoms with Crippen molar-refractivity contribution in [2.24, 2.45) is 23.2 Å². The van der Waals surface area contributed by atoms with Crippen molar-refractivity contribution in [1.29, 1.82) is 0 Å². The monoisotopic (exact) mass is 222 g/mol. The van der Waals surface area contributed by atoms with Gasteiger partial charge in [-0.1, -0.05) is 46.5 Å². The Morgan fingerprint density at radius 2 is 1.62 bits per heavy atom. The van der Waals surface area contributed by atoms with Crippen molar-refractivity contribution in [2.75, 3.05) is 0 Å². The Labute approximate surface area is 102 Å². The summed E-state index contributed by atoms with van der Waals surface area (Å²) in [6.07, 6.45) is 13.5. The zero-order chi connectivity index (χ0) is 11.6. The van der Waals surface area contributed by atoms with Gasteiger partial charge in [-0.2, -0.15) is 0 Å². The Kier molecular flexibility index (Phi) is 3.97. The maximum Gasteiger partial charge on any atom is -0.0218 e. The first-order chi connectivity index (χ1) is 7.75. The van der Waals surface area contributed by atoms with Crippen molar-refractivity contribution in [1.82, 2.24) is 0 Å². The van der Waals surface area contributed by atoms with E-state index in [0.29, 0.717) is 0 Å². The lowest BCUT2D eigenvalue weighted by Gasteiger charge is -2.47. The SMILES string of the molecule is CCC1CCC(C)C1(CC)C1CCCCC1. The van der Waals surface area contributed by atoms with Crippen LogP contribution < -0.4 is 0 Å². The van der Waals surface area contributed by atoms with E-state index >= 15 is 0 Å². The van der Waals surface area contributed by atoms with Crippen molar-refractivity contribution in [3.63, 3.8) is 0 Å². The molecule has 0 bridgehead atoms. The topological polar surface area (TPSA) is 0 Å². The molecule has 16 heavy (non-hydrogen) atoms. The molecule has 2 fully saturated rings. The highest BCUT2D eigenvalue weighted by molar-refractivity contribution is 4.99. The van der Waals surface area contributed by atoms with E-state index in [2.05, 4.69) is 20.8 Å². The van der Waals surface area contributed by atoms with Crippen LogP contribution in [0.4, 0.5) is 0 Å². The molecular weight excluding hydrogens is 192 g/mol. The van der Waals surface area contributed by atoms with Gasteiger partial charge in [-0.15, -0.1) is 0 Å². The van der Waals surface area contributed by atoms with Gasteiger partial charge < -0.3 is 0 Å². The standard InChI is InChI=1S/C16H30/c1-4-14-12-11-13(3)16(14,5-2)15-9-7-6-8-10-15/h13-15H,4-12H2,1-3H3. The molecule has 0 N–H and O–H groups in total. The van der Waals surface area contributed by atoms with E-state index in [1.807, 2.05) is 0 Å². The van der Waals surface area contributed by atoms with Crippen LogP contribution in [0, 0.1) is 23.2 Å². The molecule has 0 spiro atoms. The summed E-state index contributed by atoms with van der Waals surface area (Å²) in [5.74, 6) is 3.09. The summed E-state index contributed by atoms with van der Waals surface area (Å²) in [6, 6.07) is 0. The Bertz CT molecular complexity index is 214. The van der Waals surface area contributed by atoms with E-state index in [1.54, 1.807) is 0 Å². The summed E-state index contributed by atoms with van der Waals surface area (Å²) in [4.78, 5) is 0. The third kappa shape index (κ3) is 1.83. The third-order valence-electron chi connectivity index (χ3n) is 6.10. The van der Waals surface area contributed by atoms with E-state index in [4.69, 9.17) is 0 Å². The maximum atomic E-state index is 2.55. The smallest absolute Gasteiger partial charge is 0.0218 e. The molecule has 2 rings (SSSR count). The van der Waals surface area contributed by atoms with Crippen LogP contribution in [0.2, 0.25) is 0 Å². The maximum absolute atomic E-state index is 2.55. The lowest BCUT2D eigenvalue weighted by Crippen LogP contribution is -2.39. The van der Waals surface area contributed by atoms with Crippen molar-refractivity contribution >= 4 is 0 Å². The van der Waals surface area contributed by atoms with Crippen LogP contribution in [0.25, 0.3) is 0 Å². The van der Waals surface area contributed by atoms with Gasteiger partial charge in [0.1, 0.15) is 0 Å². The molecule has 2 saturated carbocycles. The molecule has 0 radical (unpaired) electrons. The highest BCUT2D eigenvalue weighted by Crippen LogP contribution is 2.59. The van der Waals surface area contributed by atoms with Crippen LogP contribution in [0.3, 0.4) is 0 Å². The second kappa shape index (κ2) is 5.10. The molecule has 0 nitrogen and oxygen atoms in total. The highest BCUT2D eigenvalue weighted by atomic mass is 14.5. The second-order valence-corrected chi connectivity index (χ2v) is 6.38. The predicted molar refractivity (Wildman–Crippen MR) is 71.5 cm³/mol.